The van der Waals surface area contributed by atoms with E-state index in [1.54, 1.807) is 7.11 Å². The first-order valence-corrected chi connectivity index (χ1v) is 8.06. The van der Waals surface area contributed by atoms with E-state index in [1.165, 1.54) is 37.7 Å². The number of benzene rings is 1. The van der Waals surface area contributed by atoms with Crippen molar-refractivity contribution in [1.82, 2.24) is 0 Å². The number of halogens is 1. The van der Waals surface area contributed by atoms with E-state index in [0.717, 1.165) is 29.1 Å². The van der Waals surface area contributed by atoms with Gasteiger partial charge in [0.05, 0.1) is 11.6 Å². The van der Waals surface area contributed by atoms with Crippen molar-refractivity contribution in [2.75, 3.05) is 13.7 Å². The molecule has 1 aromatic carbocycles. The van der Waals surface area contributed by atoms with E-state index in [1.807, 2.05) is 6.07 Å². The molecule has 1 saturated carbocycles. The summed E-state index contributed by atoms with van der Waals surface area (Å²) in [7, 11) is 1.70. The topological polar surface area (TPSA) is 35.2 Å². The van der Waals surface area contributed by atoms with Crippen LogP contribution >= 0.6 is 15.9 Å². The van der Waals surface area contributed by atoms with E-state index in [4.69, 9.17) is 10.5 Å². The van der Waals surface area contributed by atoms with E-state index in [2.05, 4.69) is 28.1 Å². The zero-order valence-corrected chi connectivity index (χ0v) is 13.3. The predicted octanol–water partition coefficient (Wildman–Crippen LogP) is 4.16. The summed E-state index contributed by atoms with van der Waals surface area (Å²) >= 11 is 3.57. The maximum absolute atomic E-state index is 5.96. The summed E-state index contributed by atoms with van der Waals surface area (Å²) in [5.41, 5.74) is 7.35. The monoisotopic (exact) mass is 325 g/mol. The lowest BCUT2D eigenvalue weighted by atomic mass is 9.83. The van der Waals surface area contributed by atoms with Crippen LogP contribution in [0.5, 0.6) is 5.75 Å². The average molecular weight is 326 g/mol. The Bertz CT molecular complexity index is 408. The molecule has 0 aromatic heterocycles. The highest BCUT2D eigenvalue weighted by Crippen LogP contribution is 2.33. The normalized spacial score (nSPS) is 23.9. The van der Waals surface area contributed by atoms with Gasteiger partial charge >= 0.3 is 0 Å². The standard InChI is InChI=1S/C16H24BrNO/c1-19-16-8-7-12(10-15(16)17)9-13-5-3-2-4-6-14(13)11-18/h7-8,10,13-14H,2-6,9,11,18H2,1H3. The SMILES string of the molecule is COc1ccc(CC2CCCCCC2CN)cc1Br. The van der Waals surface area contributed by atoms with Gasteiger partial charge in [0.1, 0.15) is 5.75 Å². The summed E-state index contributed by atoms with van der Waals surface area (Å²) in [6.45, 7) is 0.835. The van der Waals surface area contributed by atoms with Crippen LogP contribution in [0.4, 0.5) is 0 Å². The Labute approximate surface area is 124 Å². The molecule has 0 aliphatic heterocycles. The molecule has 0 amide bonds. The fourth-order valence-corrected chi connectivity index (χ4v) is 3.77. The molecule has 0 spiro atoms. The van der Waals surface area contributed by atoms with Crippen LogP contribution in [0, 0.1) is 11.8 Å². The molecule has 0 bridgehead atoms. The molecule has 19 heavy (non-hydrogen) atoms. The third-order valence-electron chi connectivity index (χ3n) is 4.33. The number of rotatable bonds is 4. The van der Waals surface area contributed by atoms with E-state index in [0.29, 0.717) is 5.92 Å². The Morgan fingerprint density at radius 2 is 1.95 bits per heavy atom. The molecule has 0 radical (unpaired) electrons. The Morgan fingerprint density at radius 1 is 1.21 bits per heavy atom. The molecular weight excluding hydrogens is 302 g/mol. The Morgan fingerprint density at radius 3 is 2.58 bits per heavy atom. The second kappa shape index (κ2) is 7.30. The third kappa shape index (κ3) is 3.96. The van der Waals surface area contributed by atoms with Gasteiger partial charge in [-0.05, 0) is 71.3 Å². The van der Waals surface area contributed by atoms with Crippen molar-refractivity contribution in [3.05, 3.63) is 28.2 Å². The molecular formula is C16H24BrNO. The van der Waals surface area contributed by atoms with E-state index in [-0.39, 0.29) is 0 Å². The van der Waals surface area contributed by atoms with Crippen LogP contribution in [-0.4, -0.2) is 13.7 Å². The first-order chi connectivity index (χ1) is 9.24. The molecule has 2 N–H and O–H groups in total. The lowest BCUT2D eigenvalue weighted by molar-refractivity contribution is 0.318. The smallest absolute Gasteiger partial charge is 0.133 e. The third-order valence-corrected chi connectivity index (χ3v) is 4.95. The van der Waals surface area contributed by atoms with E-state index in [9.17, 15) is 0 Å². The van der Waals surface area contributed by atoms with Crippen LogP contribution < -0.4 is 10.5 Å². The van der Waals surface area contributed by atoms with E-state index >= 15 is 0 Å². The van der Waals surface area contributed by atoms with Gasteiger partial charge in [-0.1, -0.05) is 25.3 Å². The van der Waals surface area contributed by atoms with Gasteiger partial charge in [-0.2, -0.15) is 0 Å². The number of nitrogens with two attached hydrogens (primary N) is 1. The van der Waals surface area contributed by atoms with Gasteiger partial charge in [-0.3, -0.25) is 0 Å². The summed E-state index contributed by atoms with van der Waals surface area (Å²) < 4.78 is 6.33. The summed E-state index contributed by atoms with van der Waals surface area (Å²) in [6.07, 6.45) is 7.86. The Balaban J connectivity index is 2.07. The predicted molar refractivity (Wildman–Crippen MR) is 83.5 cm³/mol. The van der Waals surface area contributed by atoms with E-state index < -0.39 is 0 Å². The van der Waals surface area contributed by atoms with Gasteiger partial charge in [0.25, 0.3) is 0 Å². The van der Waals surface area contributed by atoms with Crippen molar-refractivity contribution in [3.63, 3.8) is 0 Å². The van der Waals surface area contributed by atoms with Crippen molar-refractivity contribution in [2.45, 2.75) is 38.5 Å². The molecule has 2 unspecified atom stereocenters. The minimum atomic E-state index is 0.698. The lowest BCUT2D eigenvalue weighted by Crippen LogP contribution is -2.24. The summed E-state index contributed by atoms with van der Waals surface area (Å²) in [5.74, 6) is 2.34. The molecule has 106 valence electrons. The van der Waals surface area contributed by atoms with Crippen molar-refractivity contribution < 1.29 is 4.74 Å². The maximum atomic E-state index is 5.96. The van der Waals surface area contributed by atoms with Crippen molar-refractivity contribution in [3.8, 4) is 5.75 Å². The van der Waals surface area contributed by atoms with Crippen molar-refractivity contribution in [2.24, 2.45) is 17.6 Å². The average Bonchev–Trinajstić information content (AvgIpc) is 2.64. The number of hydrogen-bond donors (Lipinski definition) is 1. The van der Waals surface area contributed by atoms with Gasteiger partial charge in [0, 0.05) is 0 Å². The molecule has 1 aliphatic carbocycles. The van der Waals surface area contributed by atoms with Crippen LogP contribution in [-0.2, 0) is 6.42 Å². The first kappa shape index (κ1) is 14.9. The molecule has 1 aliphatic rings. The van der Waals surface area contributed by atoms with Crippen LogP contribution in [0.1, 0.15) is 37.7 Å². The summed E-state index contributed by atoms with van der Waals surface area (Å²) in [4.78, 5) is 0. The quantitative estimate of drug-likeness (QED) is 0.844. The van der Waals surface area contributed by atoms with Gasteiger partial charge in [0.15, 0.2) is 0 Å². The maximum Gasteiger partial charge on any atom is 0.133 e. The second-order valence-electron chi connectivity index (χ2n) is 5.57. The van der Waals surface area contributed by atoms with Crippen molar-refractivity contribution >= 4 is 15.9 Å². The molecule has 1 fully saturated rings. The molecule has 2 rings (SSSR count). The first-order valence-electron chi connectivity index (χ1n) is 7.27. The molecule has 0 saturated heterocycles. The zero-order valence-electron chi connectivity index (χ0n) is 11.7. The van der Waals surface area contributed by atoms with Crippen molar-refractivity contribution in [1.29, 1.82) is 0 Å². The zero-order chi connectivity index (χ0) is 13.7. The lowest BCUT2D eigenvalue weighted by Gasteiger charge is -2.24. The number of ether oxygens (including phenoxy) is 1. The van der Waals surface area contributed by atoms with Gasteiger partial charge in [-0.25, -0.2) is 0 Å². The van der Waals surface area contributed by atoms with Gasteiger partial charge in [-0.15, -0.1) is 0 Å². The minimum absolute atomic E-state index is 0.698. The van der Waals surface area contributed by atoms with Crippen LogP contribution in [0.25, 0.3) is 0 Å². The van der Waals surface area contributed by atoms with Crippen LogP contribution in [0.2, 0.25) is 0 Å². The molecule has 2 nitrogen and oxygen atoms in total. The summed E-state index contributed by atoms with van der Waals surface area (Å²) in [6, 6.07) is 6.42. The second-order valence-corrected chi connectivity index (χ2v) is 6.42. The molecule has 3 heteroatoms. The summed E-state index contributed by atoms with van der Waals surface area (Å²) in [5, 5.41) is 0. The van der Waals surface area contributed by atoms with Crippen LogP contribution in [0.15, 0.2) is 22.7 Å². The molecule has 0 heterocycles. The molecule has 1 aromatic rings. The fraction of sp³-hybridized carbons (Fsp3) is 0.625. The Kier molecular flexibility index (Phi) is 5.71. The Hall–Kier alpha value is -0.540. The number of hydrogen-bond acceptors (Lipinski definition) is 2. The van der Waals surface area contributed by atoms with Gasteiger partial charge in [0.2, 0.25) is 0 Å². The highest BCUT2D eigenvalue weighted by molar-refractivity contribution is 9.10. The van der Waals surface area contributed by atoms with Gasteiger partial charge < -0.3 is 10.5 Å². The fourth-order valence-electron chi connectivity index (χ4n) is 3.18. The minimum Gasteiger partial charge on any atom is -0.496 e. The number of methoxy groups -OCH3 is 1. The van der Waals surface area contributed by atoms with Crippen LogP contribution in [0.3, 0.4) is 0 Å². The molecule has 2 atom stereocenters. The highest BCUT2D eigenvalue weighted by atomic mass is 79.9. The highest BCUT2D eigenvalue weighted by Gasteiger charge is 2.22. The largest absolute Gasteiger partial charge is 0.496 e.